The third-order valence-corrected chi connectivity index (χ3v) is 7.43. The van der Waals surface area contributed by atoms with Crippen molar-refractivity contribution in [3.63, 3.8) is 0 Å². The van der Waals surface area contributed by atoms with Gasteiger partial charge in [-0.25, -0.2) is 4.98 Å². The lowest BCUT2D eigenvalue weighted by Crippen LogP contribution is -2.24. The van der Waals surface area contributed by atoms with Gasteiger partial charge >= 0.3 is 0 Å². The lowest BCUT2D eigenvalue weighted by atomic mass is 9.91. The van der Waals surface area contributed by atoms with E-state index in [0.29, 0.717) is 23.9 Å². The molecule has 0 fully saturated rings. The molecule has 5 rings (SSSR count). The molecule has 4 aromatic rings. The summed E-state index contributed by atoms with van der Waals surface area (Å²) in [6, 6.07) is 21.0. The van der Waals surface area contributed by atoms with Crippen LogP contribution in [0.5, 0.6) is 5.75 Å². The first-order valence-electron chi connectivity index (χ1n) is 11.3. The van der Waals surface area contributed by atoms with Crippen molar-refractivity contribution in [1.82, 2.24) is 14.7 Å². The Morgan fingerprint density at radius 3 is 2.97 bits per heavy atom. The van der Waals surface area contributed by atoms with Crippen molar-refractivity contribution in [2.45, 2.75) is 24.4 Å². The van der Waals surface area contributed by atoms with Crippen LogP contribution in [0.15, 0.2) is 71.9 Å². The minimum atomic E-state index is 0.466. The highest BCUT2D eigenvalue weighted by Crippen LogP contribution is 2.34. The summed E-state index contributed by atoms with van der Waals surface area (Å²) in [6.07, 6.45) is 2.55. The number of aromatic nitrogens is 2. The molecule has 0 radical (unpaired) electrons. The molecule has 1 aromatic heterocycles. The van der Waals surface area contributed by atoms with Crippen LogP contribution in [-0.4, -0.2) is 29.4 Å². The van der Waals surface area contributed by atoms with E-state index < -0.39 is 0 Å². The first-order valence-corrected chi connectivity index (χ1v) is 12.9. The Balaban J connectivity index is 1.35. The summed E-state index contributed by atoms with van der Waals surface area (Å²) in [7, 11) is 2.00. The fraction of sp³-hybridized carbons (Fsp3) is 0.192. The number of nitrogens with one attached hydrogen (secondary N) is 2. The molecule has 0 atom stereocenters. The monoisotopic (exact) mass is 503 g/mol. The molecule has 2 heterocycles. The van der Waals surface area contributed by atoms with Crippen LogP contribution in [0.25, 0.3) is 11.1 Å². The summed E-state index contributed by atoms with van der Waals surface area (Å²) in [5, 5.41) is 4.17. The molecule has 0 bridgehead atoms. The minimum absolute atomic E-state index is 0.466. The Kier molecular flexibility index (Phi) is 7.27. The number of hydrogen-bond donors (Lipinski definition) is 2. The average molecular weight is 504 g/mol. The van der Waals surface area contributed by atoms with Gasteiger partial charge in [-0.05, 0) is 77.0 Å². The van der Waals surface area contributed by atoms with E-state index in [1.54, 1.807) is 0 Å². The highest BCUT2D eigenvalue weighted by Gasteiger charge is 2.15. The van der Waals surface area contributed by atoms with Crippen molar-refractivity contribution < 1.29 is 9.53 Å². The maximum Gasteiger partial charge on any atom is 0.298 e. The summed E-state index contributed by atoms with van der Waals surface area (Å²) >= 11 is 2.67. The van der Waals surface area contributed by atoms with E-state index in [4.69, 9.17) is 4.74 Å². The molecule has 0 aliphatic carbocycles. The molecule has 0 saturated heterocycles. The highest BCUT2D eigenvalue weighted by atomic mass is 32.2. The SMILES string of the molecule is CN(Cc1cccc(-c2cccc3c2CCNC3)c1)c1ccc(SNc2ncns2)cc1OC=O. The van der Waals surface area contributed by atoms with Gasteiger partial charge in [-0.15, -0.1) is 0 Å². The predicted octanol–water partition coefficient (Wildman–Crippen LogP) is 5.14. The van der Waals surface area contributed by atoms with Crippen molar-refractivity contribution in [2.24, 2.45) is 0 Å². The number of carbonyl (C=O) groups excluding carboxylic acids is 1. The van der Waals surface area contributed by atoms with Crippen molar-refractivity contribution in [1.29, 1.82) is 0 Å². The average Bonchev–Trinajstić information content (AvgIpc) is 3.41. The third-order valence-electron chi connectivity index (χ3n) is 5.93. The molecule has 9 heteroatoms. The smallest absolute Gasteiger partial charge is 0.298 e. The Labute approximate surface area is 212 Å². The van der Waals surface area contributed by atoms with E-state index in [1.807, 2.05) is 25.2 Å². The van der Waals surface area contributed by atoms with Crippen LogP contribution in [0.4, 0.5) is 10.8 Å². The second kappa shape index (κ2) is 10.9. The standard InChI is InChI=1S/C26H25N5O2S2/c1-31(24-9-8-21(13-25(24)33-17-32)34-30-26-28-16-29-35-26)15-18-4-2-5-19(12-18)22-7-3-6-20-14-27-11-10-23(20)22/h2-9,12-13,16-17,27H,10-11,14-15H2,1H3,(H,28,29,30). The summed E-state index contributed by atoms with van der Waals surface area (Å²) in [5.74, 6) is 0.507. The van der Waals surface area contributed by atoms with Crippen LogP contribution in [0, 0.1) is 0 Å². The van der Waals surface area contributed by atoms with Crippen LogP contribution in [0.3, 0.4) is 0 Å². The van der Waals surface area contributed by atoms with E-state index in [9.17, 15) is 4.79 Å². The molecule has 0 spiro atoms. The Bertz CT molecular complexity index is 1310. The van der Waals surface area contributed by atoms with Gasteiger partial charge in [-0.1, -0.05) is 36.4 Å². The quantitative estimate of drug-likeness (QED) is 0.240. The molecule has 0 unspecified atom stereocenters. The van der Waals surface area contributed by atoms with Crippen LogP contribution in [0.1, 0.15) is 16.7 Å². The molecule has 0 amide bonds. The van der Waals surface area contributed by atoms with E-state index in [-0.39, 0.29) is 0 Å². The highest BCUT2D eigenvalue weighted by molar-refractivity contribution is 8.00. The van der Waals surface area contributed by atoms with Crippen molar-refractivity contribution in [3.05, 3.63) is 83.7 Å². The molecule has 3 aromatic carbocycles. The fourth-order valence-corrected chi connectivity index (χ4v) is 5.46. The van der Waals surface area contributed by atoms with Gasteiger partial charge in [0.05, 0.1) is 5.69 Å². The van der Waals surface area contributed by atoms with Gasteiger partial charge in [0.25, 0.3) is 6.47 Å². The van der Waals surface area contributed by atoms with E-state index in [1.165, 1.54) is 57.6 Å². The third kappa shape index (κ3) is 5.48. The maximum absolute atomic E-state index is 11.2. The number of carbonyl (C=O) groups is 1. The van der Waals surface area contributed by atoms with Crippen molar-refractivity contribution in [2.75, 3.05) is 23.2 Å². The summed E-state index contributed by atoms with van der Waals surface area (Å²) in [6.45, 7) is 3.08. The van der Waals surface area contributed by atoms with Gasteiger partial charge < -0.3 is 19.7 Å². The Morgan fingerprint density at radius 2 is 2.11 bits per heavy atom. The van der Waals surface area contributed by atoms with Crippen LogP contribution in [-0.2, 0) is 24.3 Å². The van der Waals surface area contributed by atoms with Crippen LogP contribution >= 0.6 is 23.5 Å². The molecule has 1 aliphatic heterocycles. The first-order chi connectivity index (χ1) is 17.2. The number of ether oxygens (including phenoxy) is 1. The summed E-state index contributed by atoms with van der Waals surface area (Å²) in [4.78, 5) is 18.3. The molecule has 178 valence electrons. The predicted molar refractivity (Wildman–Crippen MR) is 142 cm³/mol. The number of fused-ring (bicyclic) bond motifs is 1. The number of hydrogen-bond acceptors (Lipinski definition) is 9. The number of rotatable bonds is 9. The largest absolute Gasteiger partial charge is 0.426 e. The van der Waals surface area contributed by atoms with E-state index in [0.717, 1.165) is 30.1 Å². The molecule has 0 saturated carbocycles. The van der Waals surface area contributed by atoms with Crippen LogP contribution in [0.2, 0.25) is 0 Å². The van der Waals surface area contributed by atoms with Gasteiger partial charge in [0.15, 0.2) is 5.75 Å². The molecule has 35 heavy (non-hydrogen) atoms. The number of benzene rings is 3. The molecule has 2 N–H and O–H groups in total. The van der Waals surface area contributed by atoms with Gasteiger partial charge in [0.1, 0.15) is 6.33 Å². The Morgan fingerprint density at radius 1 is 1.20 bits per heavy atom. The second-order valence-electron chi connectivity index (χ2n) is 8.22. The fourth-order valence-electron chi connectivity index (χ4n) is 4.34. The topological polar surface area (TPSA) is 79.4 Å². The van der Waals surface area contributed by atoms with Gasteiger partial charge in [-0.2, -0.15) is 4.37 Å². The second-order valence-corrected chi connectivity index (χ2v) is 9.88. The molecule has 1 aliphatic rings. The first kappa shape index (κ1) is 23.3. The zero-order valence-corrected chi connectivity index (χ0v) is 20.9. The van der Waals surface area contributed by atoms with Crippen LogP contribution < -0.4 is 19.7 Å². The summed E-state index contributed by atoms with van der Waals surface area (Å²) in [5.41, 5.74) is 7.38. The lowest BCUT2D eigenvalue weighted by molar-refractivity contribution is -0.120. The Hall–Kier alpha value is -3.40. The maximum atomic E-state index is 11.2. The molecular weight excluding hydrogens is 478 g/mol. The zero-order chi connectivity index (χ0) is 24.0. The molecular formula is C26H25N5O2S2. The zero-order valence-electron chi connectivity index (χ0n) is 19.2. The molecule has 7 nitrogen and oxygen atoms in total. The number of anilines is 2. The van der Waals surface area contributed by atoms with Gasteiger partial charge in [0, 0.05) is 36.6 Å². The van der Waals surface area contributed by atoms with Gasteiger partial charge in [0.2, 0.25) is 5.13 Å². The van der Waals surface area contributed by atoms with E-state index in [2.05, 4.69) is 66.8 Å². The normalized spacial score (nSPS) is 12.6. The van der Waals surface area contributed by atoms with Crippen molar-refractivity contribution in [3.8, 4) is 16.9 Å². The minimum Gasteiger partial charge on any atom is -0.426 e. The van der Waals surface area contributed by atoms with Gasteiger partial charge in [-0.3, -0.25) is 4.79 Å². The number of nitrogens with zero attached hydrogens (tertiary/aromatic N) is 3. The van der Waals surface area contributed by atoms with Crippen molar-refractivity contribution >= 4 is 40.8 Å². The lowest BCUT2D eigenvalue weighted by Gasteiger charge is -2.23. The van der Waals surface area contributed by atoms with E-state index >= 15 is 0 Å². The summed E-state index contributed by atoms with van der Waals surface area (Å²) < 4.78 is 12.5.